The van der Waals surface area contributed by atoms with E-state index in [1.54, 1.807) is 13.0 Å². The summed E-state index contributed by atoms with van der Waals surface area (Å²) >= 11 is 6.33. The summed E-state index contributed by atoms with van der Waals surface area (Å²) in [5.74, 6) is -1.38. The van der Waals surface area contributed by atoms with Crippen molar-refractivity contribution in [1.82, 2.24) is 4.90 Å². The van der Waals surface area contributed by atoms with Gasteiger partial charge in [0.05, 0.1) is 4.91 Å². The predicted octanol–water partition coefficient (Wildman–Crippen LogP) is 3.70. The number of nitrogens with zero attached hydrogens (tertiary/aromatic N) is 1. The fourth-order valence-corrected chi connectivity index (χ4v) is 3.68. The zero-order chi connectivity index (χ0) is 17.0. The average Bonchev–Trinajstić information content (AvgIpc) is 2.76. The topological polar surface area (TPSA) is 57.6 Å². The molecule has 1 N–H and O–H groups in total. The summed E-state index contributed by atoms with van der Waals surface area (Å²) in [5, 5.41) is 9.24. The Morgan fingerprint density at radius 1 is 1.39 bits per heavy atom. The minimum absolute atomic E-state index is 0.294. The van der Waals surface area contributed by atoms with Crippen molar-refractivity contribution >= 4 is 46.3 Å². The Morgan fingerprint density at radius 2 is 2.04 bits per heavy atom. The van der Waals surface area contributed by atoms with Crippen molar-refractivity contribution in [3.63, 3.8) is 0 Å². The minimum atomic E-state index is -1.04. The molecule has 1 aliphatic heterocycles. The second-order valence-electron chi connectivity index (χ2n) is 5.11. The Kier molecular flexibility index (Phi) is 5.74. The van der Waals surface area contributed by atoms with Gasteiger partial charge in [-0.05, 0) is 30.6 Å². The normalized spacial score (nSPS) is 18.6. The molecule has 1 fully saturated rings. The molecule has 1 amide bonds. The van der Waals surface area contributed by atoms with Crippen LogP contribution in [0.2, 0.25) is 0 Å². The molecule has 0 saturated carbocycles. The average molecular weight is 347 g/mol. The quantitative estimate of drug-likeness (QED) is 0.650. The number of hydrogen-bond acceptors (Lipinski definition) is 4. The Balaban J connectivity index is 2.25. The maximum Gasteiger partial charge on any atom is 0.326 e. The SMILES string of the molecule is CC[C@@H](C(=O)O)N1C(=O)/C(=C/C(C)=C/c2ccccc2)SC1=S. The molecule has 23 heavy (non-hydrogen) atoms. The van der Waals surface area contributed by atoms with Crippen LogP contribution in [0.5, 0.6) is 0 Å². The first-order valence-corrected chi connectivity index (χ1v) is 8.39. The number of thioether (sulfide) groups is 1. The van der Waals surface area contributed by atoms with Gasteiger partial charge in [-0.1, -0.05) is 67.3 Å². The highest BCUT2D eigenvalue weighted by Gasteiger charge is 2.39. The second-order valence-corrected chi connectivity index (χ2v) is 6.79. The molecule has 0 aliphatic carbocycles. The van der Waals surface area contributed by atoms with Crippen molar-refractivity contribution in [1.29, 1.82) is 0 Å². The number of carbonyl (C=O) groups is 2. The van der Waals surface area contributed by atoms with E-state index in [9.17, 15) is 14.7 Å². The van der Waals surface area contributed by atoms with Crippen LogP contribution in [-0.2, 0) is 9.59 Å². The summed E-state index contributed by atoms with van der Waals surface area (Å²) in [6.45, 7) is 3.62. The number of rotatable bonds is 5. The Labute approximate surface area is 144 Å². The van der Waals surface area contributed by atoms with Crippen molar-refractivity contribution < 1.29 is 14.7 Å². The van der Waals surface area contributed by atoms with Gasteiger partial charge in [-0.3, -0.25) is 9.69 Å². The molecule has 4 nitrogen and oxygen atoms in total. The standard InChI is InChI=1S/C17H17NO3S2/c1-3-13(16(20)21)18-15(19)14(23-17(18)22)10-11(2)9-12-7-5-4-6-8-12/h4-10,13H,3H2,1-2H3,(H,20,21)/b11-9+,14-10-/t13-/m0/s1. The summed E-state index contributed by atoms with van der Waals surface area (Å²) in [5.41, 5.74) is 1.94. The number of carbonyl (C=O) groups excluding carboxylic acids is 1. The van der Waals surface area contributed by atoms with Gasteiger partial charge in [0, 0.05) is 0 Å². The van der Waals surface area contributed by atoms with E-state index in [-0.39, 0.29) is 5.91 Å². The molecule has 1 aliphatic rings. The lowest BCUT2D eigenvalue weighted by atomic mass is 10.1. The van der Waals surface area contributed by atoms with Crippen molar-refractivity contribution in [2.45, 2.75) is 26.3 Å². The van der Waals surface area contributed by atoms with Crippen LogP contribution in [0.3, 0.4) is 0 Å². The van der Waals surface area contributed by atoms with E-state index in [1.165, 1.54) is 4.90 Å². The third-order valence-corrected chi connectivity index (χ3v) is 4.69. The summed E-state index contributed by atoms with van der Waals surface area (Å²) in [4.78, 5) is 25.4. The maximum atomic E-state index is 12.5. The van der Waals surface area contributed by atoms with E-state index in [4.69, 9.17) is 12.2 Å². The molecule has 1 aromatic rings. The zero-order valence-corrected chi connectivity index (χ0v) is 14.5. The highest BCUT2D eigenvalue weighted by atomic mass is 32.2. The van der Waals surface area contributed by atoms with Crippen LogP contribution < -0.4 is 0 Å². The number of amides is 1. The van der Waals surface area contributed by atoms with Crippen LogP contribution in [0.1, 0.15) is 25.8 Å². The van der Waals surface area contributed by atoms with Gasteiger partial charge in [-0.2, -0.15) is 0 Å². The first-order chi connectivity index (χ1) is 10.9. The zero-order valence-electron chi connectivity index (χ0n) is 12.9. The van der Waals surface area contributed by atoms with Crippen molar-refractivity contribution in [3.8, 4) is 0 Å². The summed E-state index contributed by atoms with van der Waals surface area (Å²) < 4.78 is 0.294. The smallest absolute Gasteiger partial charge is 0.326 e. The number of carboxylic acid groups (broad SMARTS) is 1. The van der Waals surface area contributed by atoms with Crippen molar-refractivity contribution in [3.05, 3.63) is 52.4 Å². The van der Waals surface area contributed by atoms with E-state index >= 15 is 0 Å². The van der Waals surface area contributed by atoms with E-state index in [1.807, 2.05) is 43.3 Å². The largest absolute Gasteiger partial charge is 0.480 e. The minimum Gasteiger partial charge on any atom is -0.480 e. The molecule has 2 rings (SSSR count). The predicted molar refractivity (Wildman–Crippen MR) is 96.9 cm³/mol. The van der Waals surface area contributed by atoms with Crippen molar-refractivity contribution in [2.75, 3.05) is 0 Å². The fourth-order valence-electron chi connectivity index (χ4n) is 2.28. The molecule has 0 unspecified atom stereocenters. The lowest BCUT2D eigenvalue weighted by Crippen LogP contribution is -2.43. The Morgan fingerprint density at radius 3 is 2.61 bits per heavy atom. The van der Waals surface area contributed by atoms with E-state index in [2.05, 4.69) is 0 Å². The van der Waals surface area contributed by atoms with Gasteiger partial charge < -0.3 is 5.11 Å². The van der Waals surface area contributed by atoms with Crippen LogP contribution in [-0.4, -0.2) is 32.2 Å². The number of allylic oxidation sites excluding steroid dienone is 2. The van der Waals surface area contributed by atoms with Gasteiger partial charge in [0.1, 0.15) is 10.4 Å². The number of benzene rings is 1. The van der Waals surface area contributed by atoms with Gasteiger partial charge >= 0.3 is 5.97 Å². The lowest BCUT2D eigenvalue weighted by Gasteiger charge is -2.21. The highest BCUT2D eigenvalue weighted by Crippen LogP contribution is 2.34. The molecule has 1 atom stereocenters. The van der Waals surface area contributed by atoms with E-state index in [0.717, 1.165) is 22.9 Å². The molecule has 0 bridgehead atoms. The van der Waals surface area contributed by atoms with Crippen LogP contribution in [0.25, 0.3) is 6.08 Å². The molecule has 1 aromatic carbocycles. The molecule has 1 heterocycles. The van der Waals surface area contributed by atoms with Gasteiger partial charge in [-0.15, -0.1) is 0 Å². The lowest BCUT2D eigenvalue weighted by molar-refractivity contribution is -0.145. The fraction of sp³-hybridized carbons (Fsp3) is 0.235. The molecule has 0 aromatic heterocycles. The molecule has 0 radical (unpaired) electrons. The molecule has 0 spiro atoms. The summed E-state index contributed by atoms with van der Waals surface area (Å²) in [6.07, 6.45) is 4.02. The molecule has 1 saturated heterocycles. The van der Waals surface area contributed by atoms with Crippen LogP contribution in [0, 0.1) is 0 Å². The number of thiocarbonyl (C=S) groups is 1. The Hall–Kier alpha value is -1.92. The number of carboxylic acids is 1. The van der Waals surface area contributed by atoms with Gasteiger partial charge in [0.25, 0.3) is 5.91 Å². The van der Waals surface area contributed by atoms with Gasteiger partial charge in [-0.25, -0.2) is 4.79 Å². The summed E-state index contributed by atoms with van der Waals surface area (Å²) in [6, 6.07) is 8.86. The van der Waals surface area contributed by atoms with Crippen LogP contribution >= 0.6 is 24.0 Å². The molecule has 6 heteroatoms. The first-order valence-electron chi connectivity index (χ1n) is 7.17. The van der Waals surface area contributed by atoms with Crippen molar-refractivity contribution in [2.24, 2.45) is 0 Å². The second kappa shape index (κ2) is 7.57. The van der Waals surface area contributed by atoms with Gasteiger partial charge in [0.2, 0.25) is 0 Å². The molecular formula is C17H17NO3S2. The first kappa shape index (κ1) is 17.4. The van der Waals surface area contributed by atoms with E-state index in [0.29, 0.717) is 15.6 Å². The van der Waals surface area contributed by atoms with Crippen LogP contribution in [0.4, 0.5) is 0 Å². The highest BCUT2D eigenvalue weighted by molar-refractivity contribution is 8.26. The maximum absolute atomic E-state index is 12.5. The number of aliphatic carboxylic acids is 1. The molecule has 120 valence electrons. The third kappa shape index (κ3) is 4.09. The summed E-state index contributed by atoms with van der Waals surface area (Å²) in [7, 11) is 0. The third-order valence-electron chi connectivity index (χ3n) is 3.36. The number of hydrogen-bond donors (Lipinski definition) is 1. The van der Waals surface area contributed by atoms with E-state index < -0.39 is 12.0 Å². The Bertz CT molecular complexity index is 695. The monoisotopic (exact) mass is 347 g/mol. The van der Waals surface area contributed by atoms with Crippen LogP contribution in [0.15, 0.2) is 46.9 Å². The van der Waals surface area contributed by atoms with Gasteiger partial charge in [0.15, 0.2) is 0 Å². The molecular weight excluding hydrogens is 330 g/mol.